The lowest BCUT2D eigenvalue weighted by Gasteiger charge is -1.84. The van der Waals surface area contributed by atoms with Crippen molar-refractivity contribution in [2.45, 2.75) is 0 Å². The van der Waals surface area contributed by atoms with Crippen molar-refractivity contribution < 1.29 is 21.7 Å². The van der Waals surface area contributed by atoms with Crippen LogP contribution >= 0.6 is 0 Å². The van der Waals surface area contributed by atoms with Gasteiger partial charge < -0.3 is 11.5 Å². The zero-order valence-corrected chi connectivity index (χ0v) is 7.72. The maximum atomic E-state index is 9.54. The third kappa shape index (κ3) is 11.0. The third-order valence-electron chi connectivity index (χ3n) is 0.466. The zero-order valence-electron chi connectivity index (χ0n) is 6.09. The highest BCUT2D eigenvalue weighted by Crippen LogP contribution is 1.73. The van der Waals surface area contributed by atoms with Crippen LogP contribution in [0.2, 0.25) is 0 Å². The SMILES string of the molecule is N=C(N)S(=O)(=O)O.N=C(N)S(=O)O. The smallest absolute Gasteiger partial charge is 0.327 e. The van der Waals surface area contributed by atoms with Crippen LogP contribution in [0.3, 0.4) is 0 Å². The lowest BCUT2D eigenvalue weighted by atomic mass is 11.4. The fourth-order valence-electron chi connectivity index (χ4n) is 0. The first-order chi connectivity index (χ1) is 5.59. The molecule has 0 aliphatic heterocycles. The number of nitrogens with one attached hydrogen (secondary N) is 2. The Bertz CT molecular complexity index is 307. The number of amidine groups is 2. The fraction of sp³-hybridized carbons (Fsp3) is 0. The van der Waals surface area contributed by atoms with Gasteiger partial charge in [-0.2, -0.15) is 8.42 Å². The fourth-order valence-corrected chi connectivity index (χ4v) is 0. The molecule has 0 saturated heterocycles. The van der Waals surface area contributed by atoms with Gasteiger partial charge in [-0.1, -0.05) is 0 Å². The molecule has 1 unspecified atom stereocenters. The maximum Gasteiger partial charge on any atom is 0.327 e. The van der Waals surface area contributed by atoms with Gasteiger partial charge in [0, 0.05) is 0 Å². The minimum absolute atomic E-state index is 0.713. The van der Waals surface area contributed by atoms with Crippen LogP contribution in [0.25, 0.3) is 0 Å². The molecule has 0 amide bonds. The highest BCUT2D eigenvalue weighted by Gasteiger charge is 2.05. The van der Waals surface area contributed by atoms with Gasteiger partial charge in [0.1, 0.15) is 0 Å². The van der Waals surface area contributed by atoms with Crippen LogP contribution in [-0.2, 0) is 21.2 Å². The van der Waals surface area contributed by atoms with E-state index < -0.39 is 31.5 Å². The summed E-state index contributed by atoms with van der Waals surface area (Å²) in [6.07, 6.45) is 0. The molecule has 0 fully saturated rings. The number of nitrogens with two attached hydrogens (primary N) is 2. The van der Waals surface area contributed by atoms with Crippen molar-refractivity contribution in [1.82, 2.24) is 0 Å². The van der Waals surface area contributed by atoms with Crippen molar-refractivity contribution in [1.29, 1.82) is 10.8 Å². The highest BCUT2D eigenvalue weighted by molar-refractivity contribution is 8.01. The topological polar surface area (TPSA) is 191 Å². The van der Waals surface area contributed by atoms with E-state index in [1.54, 1.807) is 0 Å². The van der Waals surface area contributed by atoms with Crippen LogP contribution in [0.4, 0.5) is 0 Å². The van der Waals surface area contributed by atoms with E-state index in [0.29, 0.717) is 0 Å². The summed E-state index contributed by atoms with van der Waals surface area (Å²) in [5, 5.41) is 10.3. The van der Waals surface area contributed by atoms with Crippen LogP contribution in [0.15, 0.2) is 0 Å². The van der Waals surface area contributed by atoms with Gasteiger partial charge in [-0.3, -0.25) is 19.9 Å². The van der Waals surface area contributed by atoms with Gasteiger partial charge in [0.2, 0.25) is 21.4 Å². The van der Waals surface area contributed by atoms with E-state index in [-0.39, 0.29) is 0 Å². The minimum atomic E-state index is -4.38. The summed E-state index contributed by atoms with van der Waals surface area (Å²) in [5.74, 6) is 0. The molecule has 9 nitrogen and oxygen atoms in total. The average Bonchev–Trinajstić information content (AvgIpc) is 1.86. The standard InChI is InChI=1S/CH4N2O3S.CH4N2O2S/c2-1(3)7(4,5)6;2-1(3)6(4)5/h(H3,2,3)(H,4,5,6);(H3,2,3)(H,4,5). The molecule has 0 spiro atoms. The maximum absolute atomic E-state index is 9.54. The zero-order chi connectivity index (χ0) is 11.2. The van der Waals surface area contributed by atoms with Gasteiger partial charge in [0.15, 0.2) is 0 Å². The first-order valence-corrected chi connectivity index (χ1v) is 4.90. The summed E-state index contributed by atoms with van der Waals surface area (Å²) >= 11 is -2.26. The average molecular weight is 232 g/mol. The van der Waals surface area contributed by atoms with Crippen molar-refractivity contribution >= 4 is 31.5 Å². The molecule has 0 aliphatic rings. The summed E-state index contributed by atoms with van der Waals surface area (Å²) in [7, 11) is -4.38. The second kappa shape index (κ2) is 5.58. The largest absolute Gasteiger partial charge is 0.375 e. The van der Waals surface area contributed by atoms with Gasteiger partial charge in [0.05, 0.1) is 0 Å². The molecule has 0 aliphatic carbocycles. The Kier molecular flexibility index (Phi) is 6.22. The molecule has 0 aromatic carbocycles. The molecule has 13 heavy (non-hydrogen) atoms. The second-order valence-corrected chi connectivity index (χ2v) is 3.78. The number of hydrogen-bond acceptors (Lipinski definition) is 5. The van der Waals surface area contributed by atoms with E-state index in [9.17, 15) is 12.6 Å². The van der Waals surface area contributed by atoms with Crippen molar-refractivity contribution in [3.05, 3.63) is 0 Å². The first kappa shape index (κ1) is 14.5. The third-order valence-corrected chi connectivity index (χ3v) is 1.40. The van der Waals surface area contributed by atoms with E-state index in [2.05, 4.69) is 11.5 Å². The predicted octanol–water partition coefficient (Wildman–Crippen LogP) is -2.13. The van der Waals surface area contributed by atoms with E-state index in [0.717, 1.165) is 0 Å². The molecule has 11 heteroatoms. The Hall–Kier alpha value is -1.04. The van der Waals surface area contributed by atoms with Crippen molar-refractivity contribution in [2.24, 2.45) is 11.5 Å². The Morgan fingerprint density at radius 3 is 1.46 bits per heavy atom. The quantitative estimate of drug-likeness (QED) is 0.119. The first-order valence-electron chi connectivity index (χ1n) is 2.35. The van der Waals surface area contributed by atoms with Crippen LogP contribution in [0, 0.1) is 10.8 Å². The number of rotatable bonds is 0. The molecule has 78 valence electrons. The van der Waals surface area contributed by atoms with E-state index in [1.807, 2.05) is 0 Å². The summed E-state index contributed by atoms with van der Waals surface area (Å²) in [6.45, 7) is 0. The molecular formula is C2H8N4O5S2. The molecule has 0 aromatic rings. The monoisotopic (exact) mass is 232 g/mol. The van der Waals surface area contributed by atoms with Crippen LogP contribution in [0.1, 0.15) is 0 Å². The molecular weight excluding hydrogens is 224 g/mol. The lowest BCUT2D eigenvalue weighted by Crippen LogP contribution is -2.21. The Labute approximate surface area is 76.2 Å². The van der Waals surface area contributed by atoms with Gasteiger partial charge >= 0.3 is 10.1 Å². The molecule has 8 N–H and O–H groups in total. The van der Waals surface area contributed by atoms with Crippen LogP contribution in [0.5, 0.6) is 0 Å². The Morgan fingerprint density at radius 1 is 1.31 bits per heavy atom. The molecule has 1 atom stereocenters. The molecule has 0 radical (unpaired) electrons. The highest BCUT2D eigenvalue weighted by atomic mass is 32.2. The van der Waals surface area contributed by atoms with Crippen molar-refractivity contribution in [3.8, 4) is 0 Å². The second-order valence-electron chi connectivity index (χ2n) is 1.45. The van der Waals surface area contributed by atoms with Gasteiger partial charge in [-0.05, 0) is 0 Å². The summed E-state index contributed by atoms with van der Waals surface area (Å²) in [5.41, 5.74) is 8.78. The Morgan fingerprint density at radius 2 is 1.46 bits per heavy atom. The van der Waals surface area contributed by atoms with Gasteiger partial charge in [0.25, 0.3) is 0 Å². The van der Waals surface area contributed by atoms with Gasteiger partial charge in [-0.15, -0.1) is 0 Å². The lowest BCUT2D eigenvalue weighted by molar-refractivity contribution is 0.497. The molecule has 0 saturated carbocycles. The van der Waals surface area contributed by atoms with Crippen molar-refractivity contribution in [3.63, 3.8) is 0 Å². The predicted molar refractivity (Wildman–Crippen MR) is 46.1 cm³/mol. The molecule has 0 rings (SSSR count). The molecule has 0 aromatic heterocycles. The van der Waals surface area contributed by atoms with Crippen LogP contribution < -0.4 is 11.5 Å². The van der Waals surface area contributed by atoms with E-state index >= 15 is 0 Å². The minimum Gasteiger partial charge on any atom is -0.375 e. The molecule has 0 heterocycles. The van der Waals surface area contributed by atoms with Gasteiger partial charge in [-0.25, -0.2) is 4.21 Å². The Balaban J connectivity index is 0. The van der Waals surface area contributed by atoms with Crippen LogP contribution in [-0.4, -0.2) is 32.1 Å². The molecule has 0 bridgehead atoms. The normalized spacial score (nSPS) is 12.2. The van der Waals surface area contributed by atoms with E-state index in [4.69, 9.17) is 19.9 Å². The summed E-state index contributed by atoms with van der Waals surface area (Å²) < 4.78 is 44.0. The van der Waals surface area contributed by atoms with Crippen molar-refractivity contribution in [2.75, 3.05) is 0 Å². The summed E-state index contributed by atoms with van der Waals surface area (Å²) in [6, 6.07) is 0. The number of hydrogen-bond donors (Lipinski definition) is 6. The van der Waals surface area contributed by atoms with E-state index in [1.165, 1.54) is 0 Å². The summed E-state index contributed by atoms with van der Waals surface area (Å²) in [4.78, 5) is 0.